The van der Waals surface area contributed by atoms with Crippen molar-refractivity contribution in [3.63, 3.8) is 0 Å². The van der Waals surface area contributed by atoms with Crippen LogP contribution in [-0.4, -0.2) is 36.3 Å². The number of terminal acetylenes is 1. The smallest absolute Gasteiger partial charge is 0.263 e. The third-order valence-corrected chi connectivity index (χ3v) is 4.03. The number of thiophene rings is 1. The Hall–Kier alpha value is -1.80. The molecule has 1 aromatic rings. The number of amides is 2. The van der Waals surface area contributed by atoms with Crippen LogP contribution in [-0.2, 0) is 4.79 Å². The van der Waals surface area contributed by atoms with Gasteiger partial charge >= 0.3 is 0 Å². The van der Waals surface area contributed by atoms with Crippen molar-refractivity contribution in [3.05, 3.63) is 22.4 Å². The first kappa shape index (κ1) is 13.6. The predicted molar refractivity (Wildman–Crippen MR) is 74.8 cm³/mol. The summed E-state index contributed by atoms with van der Waals surface area (Å²) in [5.74, 6) is 2.20. The quantitative estimate of drug-likeness (QED) is 0.847. The summed E-state index contributed by atoms with van der Waals surface area (Å²) in [6, 6.07) is 3.67. The lowest BCUT2D eigenvalue weighted by atomic mass is 9.97. The summed E-state index contributed by atoms with van der Waals surface area (Å²) >= 11 is 1.43. The molecule has 0 spiro atoms. The summed E-state index contributed by atoms with van der Waals surface area (Å²) in [5, 5.41) is 4.57. The van der Waals surface area contributed by atoms with Crippen molar-refractivity contribution >= 4 is 23.2 Å². The van der Waals surface area contributed by atoms with E-state index >= 15 is 0 Å². The van der Waals surface area contributed by atoms with Crippen molar-refractivity contribution < 1.29 is 9.59 Å². The maximum atomic E-state index is 12.2. The maximum Gasteiger partial charge on any atom is 0.263 e. The first-order valence-corrected chi connectivity index (χ1v) is 7.14. The number of hydrogen-bond donors (Lipinski definition) is 1. The van der Waals surface area contributed by atoms with Crippen molar-refractivity contribution in [1.82, 2.24) is 10.2 Å². The lowest BCUT2D eigenvalue weighted by Crippen LogP contribution is -2.45. The van der Waals surface area contributed by atoms with Crippen LogP contribution in [0.2, 0.25) is 0 Å². The van der Waals surface area contributed by atoms with E-state index in [2.05, 4.69) is 11.2 Å². The molecule has 19 heavy (non-hydrogen) atoms. The Morgan fingerprint density at radius 2 is 2.42 bits per heavy atom. The number of piperidine rings is 1. The van der Waals surface area contributed by atoms with Gasteiger partial charge in [0.05, 0.1) is 17.3 Å². The van der Waals surface area contributed by atoms with E-state index in [-0.39, 0.29) is 24.3 Å². The molecule has 1 N–H and O–H groups in total. The molecule has 1 unspecified atom stereocenters. The highest BCUT2D eigenvalue weighted by Gasteiger charge is 2.28. The third kappa shape index (κ3) is 3.36. The molecule has 1 aromatic heterocycles. The Morgan fingerprint density at radius 3 is 3.11 bits per heavy atom. The molecule has 2 rings (SSSR count). The van der Waals surface area contributed by atoms with Crippen molar-refractivity contribution in [2.45, 2.75) is 12.8 Å². The van der Waals surface area contributed by atoms with E-state index < -0.39 is 0 Å². The molecule has 100 valence electrons. The Balaban J connectivity index is 1.96. The van der Waals surface area contributed by atoms with Gasteiger partial charge in [0.2, 0.25) is 5.91 Å². The van der Waals surface area contributed by atoms with Crippen LogP contribution >= 0.6 is 11.3 Å². The molecule has 0 bridgehead atoms. The summed E-state index contributed by atoms with van der Waals surface area (Å²) in [5.41, 5.74) is 0. The minimum atomic E-state index is -0.147. The number of nitrogens with zero attached hydrogens (tertiary/aromatic N) is 1. The average Bonchev–Trinajstić information content (AvgIpc) is 2.98. The second kappa shape index (κ2) is 6.39. The topological polar surface area (TPSA) is 49.4 Å². The maximum absolute atomic E-state index is 12.2. The van der Waals surface area contributed by atoms with Crippen molar-refractivity contribution in [3.8, 4) is 12.3 Å². The fourth-order valence-electron chi connectivity index (χ4n) is 2.21. The van der Waals surface area contributed by atoms with Gasteiger partial charge < -0.3 is 10.2 Å². The van der Waals surface area contributed by atoms with Gasteiger partial charge in [-0.2, -0.15) is 0 Å². The standard InChI is InChI=1S/C14H16N2O2S/c1-2-7-15-13(17)11-5-3-8-16(10-11)14(18)12-6-4-9-19-12/h1,4,6,9,11H,3,5,7-8,10H2,(H,15,17). The number of hydrogen-bond acceptors (Lipinski definition) is 3. The van der Waals surface area contributed by atoms with E-state index in [0.717, 1.165) is 24.3 Å². The molecule has 1 atom stereocenters. The van der Waals surface area contributed by atoms with E-state index in [1.54, 1.807) is 4.90 Å². The minimum absolute atomic E-state index is 0.0180. The van der Waals surface area contributed by atoms with E-state index in [4.69, 9.17) is 6.42 Å². The molecule has 2 amide bonds. The first-order chi connectivity index (χ1) is 9.22. The van der Waals surface area contributed by atoms with Crippen molar-refractivity contribution in [1.29, 1.82) is 0 Å². The zero-order valence-electron chi connectivity index (χ0n) is 10.6. The lowest BCUT2D eigenvalue weighted by Gasteiger charge is -2.31. The van der Waals surface area contributed by atoms with Crippen LogP contribution in [0.1, 0.15) is 22.5 Å². The van der Waals surface area contributed by atoms with Gasteiger partial charge in [0, 0.05) is 13.1 Å². The van der Waals surface area contributed by atoms with Crippen LogP contribution in [0, 0.1) is 18.3 Å². The molecule has 0 aliphatic carbocycles. The van der Waals surface area contributed by atoms with E-state index in [1.165, 1.54) is 11.3 Å². The summed E-state index contributed by atoms with van der Waals surface area (Å²) < 4.78 is 0. The van der Waals surface area contributed by atoms with E-state index in [0.29, 0.717) is 6.54 Å². The summed E-state index contributed by atoms with van der Waals surface area (Å²) in [6.45, 7) is 1.44. The van der Waals surface area contributed by atoms with Crippen LogP contribution < -0.4 is 5.32 Å². The zero-order chi connectivity index (χ0) is 13.7. The lowest BCUT2D eigenvalue weighted by molar-refractivity contribution is -0.126. The highest BCUT2D eigenvalue weighted by atomic mass is 32.1. The van der Waals surface area contributed by atoms with Crippen LogP contribution in [0.25, 0.3) is 0 Å². The van der Waals surface area contributed by atoms with Crippen molar-refractivity contribution in [2.75, 3.05) is 19.6 Å². The van der Waals surface area contributed by atoms with Gasteiger partial charge in [-0.25, -0.2) is 0 Å². The molecule has 1 fully saturated rings. The Labute approximate surface area is 116 Å². The molecule has 1 aliphatic rings. The first-order valence-electron chi connectivity index (χ1n) is 6.26. The fraction of sp³-hybridized carbons (Fsp3) is 0.429. The predicted octanol–water partition coefficient (Wildman–Crippen LogP) is 1.35. The summed E-state index contributed by atoms with van der Waals surface area (Å²) in [7, 11) is 0. The van der Waals surface area contributed by atoms with Gasteiger partial charge in [0.1, 0.15) is 0 Å². The highest BCUT2D eigenvalue weighted by Crippen LogP contribution is 2.20. The molecule has 4 nitrogen and oxygen atoms in total. The van der Waals surface area contributed by atoms with Crippen molar-refractivity contribution in [2.24, 2.45) is 5.92 Å². The highest BCUT2D eigenvalue weighted by molar-refractivity contribution is 7.12. The van der Waals surface area contributed by atoms with Crippen LogP contribution in [0.15, 0.2) is 17.5 Å². The second-order valence-corrected chi connectivity index (χ2v) is 5.44. The molecule has 1 saturated heterocycles. The second-order valence-electron chi connectivity index (χ2n) is 4.49. The fourth-order valence-corrected chi connectivity index (χ4v) is 2.90. The summed E-state index contributed by atoms with van der Waals surface area (Å²) in [4.78, 5) is 26.6. The molecule has 5 heteroatoms. The van der Waals surface area contributed by atoms with Crippen LogP contribution in [0.4, 0.5) is 0 Å². The monoisotopic (exact) mass is 276 g/mol. The van der Waals surface area contributed by atoms with Crippen LogP contribution in [0.5, 0.6) is 0 Å². The largest absolute Gasteiger partial charge is 0.345 e. The SMILES string of the molecule is C#CCNC(=O)C1CCCN(C(=O)c2cccs2)C1. The molecule has 0 radical (unpaired) electrons. The normalized spacial score (nSPS) is 18.7. The van der Waals surface area contributed by atoms with Gasteiger partial charge in [-0.3, -0.25) is 9.59 Å². The molecule has 0 aromatic carbocycles. The third-order valence-electron chi connectivity index (χ3n) is 3.18. The summed E-state index contributed by atoms with van der Waals surface area (Å²) in [6.07, 6.45) is 6.78. The Bertz CT molecular complexity index is 490. The molecular weight excluding hydrogens is 260 g/mol. The number of carbonyl (C=O) groups is 2. The number of likely N-dealkylation sites (tertiary alicyclic amines) is 1. The average molecular weight is 276 g/mol. The Kier molecular flexibility index (Phi) is 4.58. The van der Waals surface area contributed by atoms with Gasteiger partial charge in [-0.15, -0.1) is 17.8 Å². The van der Waals surface area contributed by atoms with Crippen LogP contribution in [0.3, 0.4) is 0 Å². The molecule has 0 saturated carbocycles. The Morgan fingerprint density at radius 1 is 1.58 bits per heavy atom. The number of carbonyl (C=O) groups excluding carboxylic acids is 2. The number of nitrogens with one attached hydrogen (secondary N) is 1. The number of rotatable bonds is 3. The molecular formula is C14H16N2O2S. The van der Waals surface area contributed by atoms with E-state index in [1.807, 2.05) is 17.5 Å². The van der Waals surface area contributed by atoms with E-state index in [9.17, 15) is 9.59 Å². The zero-order valence-corrected chi connectivity index (χ0v) is 11.4. The minimum Gasteiger partial charge on any atom is -0.345 e. The molecule has 1 aliphatic heterocycles. The van der Waals surface area contributed by atoms with Gasteiger partial charge in [0.25, 0.3) is 5.91 Å². The van der Waals surface area contributed by atoms with Gasteiger partial charge in [-0.1, -0.05) is 12.0 Å². The van der Waals surface area contributed by atoms with Gasteiger partial charge in [0.15, 0.2) is 0 Å². The molecule has 2 heterocycles. The van der Waals surface area contributed by atoms with Gasteiger partial charge in [-0.05, 0) is 24.3 Å².